The molecule has 1 heterocycles. The monoisotopic (exact) mass is 365 g/mol. The number of hydrogen-bond acceptors (Lipinski definition) is 3. The van der Waals surface area contributed by atoms with Crippen molar-refractivity contribution in [2.24, 2.45) is 0 Å². The van der Waals surface area contributed by atoms with Crippen LogP contribution in [0.5, 0.6) is 5.75 Å². The minimum atomic E-state index is -0.609. The number of carbonyl (C=O) groups is 2. The van der Waals surface area contributed by atoms with Gasteiger partial charge in [-0.25, -0.2) is 0 Å². The lowest BCUT2D eigenvalue weighted by Gasteiger charge is -2.07. The van der Waals surface area contributed by atoms with Crippen LogP contribution >= 0.6 is 0 Å². The molecule has 140 valence electrons. The maximum absolute atomic E-state index is 11.9. The Morgan fingerprint density at radius 1 is 0.926 bits per heavy atom. The van der Waals surface area contributed by atoms with Crippen LogP contribution in [0, 0.1) is 0 Å². The van der Waals surface area contributed by atoms with E-state index in [1.165, 1.54) is 0 Å². The number of para-hydroxylation sites is 1. The van der Waals surface area contributed by atoms with Gasteiger partial charge in [0.1, 0.15) is 5.75 Å². The number of aromatic nitrogens is 1. The minimum absolute atomic E-state index is 0.404. The summed E-state index contributed by atoms with van der Waals surface area (Å²) in [5.74, 6) is -0.427. The molecule has 1 aromatic heterocycles. The molecule has 0 spiro atoms. The molecule has 0 radical (unpaired) electrons. The molecule has 3 aromatic rings. The van der Waals surface area contributed by atoms with E-state index in [2.05, 4.69) is 15.6 Å². The molecule has 0 atom stereocenters. The highest BCUT2D eigenvalue weighted by Gasteiger charge is 2.12. The van der Waals surface area contributed by atoms with Gasteiger partial charge in [0, 0.05) is 30.2 Å². The Hall–Kier alpha value is -3.28. The van der Waals surface area contributed by atoms with Crippen molar-refractivity contribution in [3.05, 3.63) is 65.9 Å². The van der Waals surface area contributed by atoms with Crippen LogP contribution in [0.3, 0.4) is 0 Å². The summed E-state index contributed by atoms with van der Waals surface area (Å²) in [7, 11) is 1.62. The molecule has 0 aliphatic heterocycles. The quantitative estimate of drug-likeness (QED) is 0.561. The molecule has 6 nitrogen and oxygen atoms in total. The zero-order chi connectivity index (χ0) is 19.1. The van der Waals surface area contributed by atoms with Crippen LogP contribution in [0.15, 0.2) is 54.7 Å². The number of benzene rings is 2. The third-order valence-corrected chi connectivity index (χ3v) is 4.42. The lowest BCUT2D eigenvalue weighted by atomic mass is 10.1. The second kappa shape index (κ2) is 8.89. The van der Waals surface area contributed by atoms with Crippen molar-refractivity contribution in [2.45, 2.75) is 12.8 Å². The van der Waals surface area contributed by atoms with Crippen LogP contribution in [-0.4, -0.2) is 37.0 Å². The average molecular weight is 365 g/mol. The van der Waals surface area contributed by atoms with E-state index in [0.29, 0.717) is 25.9 Å². The number of hydrogen-bond donors (Lipinski definition) is 3. The van der Waals surface area contributed by atoms with Crippen LogP contribution in [0.1, 0.15) is 11.1 Å². The number of methoxy groups -OCH3 is 1. The molecular formula is C21H23N3O3. The Morgan fingerprint density at radius 3 is 2.30 bits per heavy atom. The standard InChI is InChI=1S/C21H23N3O3/c1-27-17-8-6-15(7-9-17)10-12-22-20(25)21(26)23-13-11-16-14-24-19-5-3-2-4-18(16)19/h2-9,14,24H,10-13H2,1H3,(H,22,25)(H,23,26). The van der Waals surface area contributed by atoms with E-state index in [4.69, 9.17) is 4.74 Å². The normalized spacial score (nSPS) is 10.6. The maximum Gasteiger partial charge on any atom is 0.309 e. The number of carbonyl (C=O) groups excluding carboxylic acids is 2. The molecule has 0 aliphatic rings. The first-order chi connectivity index (χ1) is 13.2. The lowest BCUT2D eigenvalue weighted by molar-refractivity contribution is -0.139. The van der Waals surface area contributed by atoms with Crippen molar-refractivity contribution in [3.63, 3.8) is 0 Å². The van der Waals surface area contributed by atoms with Crippen LogP contribution in [0.25, 0.3) is 10.9 Å². The van der Waals surface area contributed by atoms with Crippen molar-refractivity contribution >= 4 is 22.7 Å². The van der Waals surface area contributed by atoms with Gasteiger partial charge in [0.15, 0.2) is 0 Å². The first-order valence-electron chi connectivity index (χ1n) is 8.91. The second-order valence-corrected chi connectivity index (χ2v) is 6.22. The summed E-state index contributed by atoms with van der Waals surface area (Å²) < 4.78 is 5.11. The third-order valence-electron chi connectivity index (χ3n) is 4.42. The molecule has 0 saturated carbocycles. The van der Waals surface area contributed by atoms with Crippen molar-refractivity contribution in [2.75, 3.05) is 20.2 Å². The fourth-order valence-electron chi connectivity index (χ4n) is 2.92. The molecule has 0 fully saturated rings. The summed E-state index contributed by atoms with van der Waals surface area (Å²) in [5.41, 5.74) is 3.25. The van der Waals surface area contributed by atoms with Gasteiger partial charge in [-0.1, -0.05) is 30.3 Å². The number of fused-ring (bicyclic) bond motifs is 1. The largest absolute Gasteiger partial charge is 0.497 e. The summed E-state index contributed by atoms with van der Waals surface area (Å²) in [4.78, 5) is 27.0. The van der Waals surface area contributed by atoms with Gasteiger partial charge in [-0.05, 0) is 42.2 Å². The molecule has 27 heavy (non-hydrogen) atoms. The first kappa shape index (κ1) is 18.5. The number of rotatable bonds is 7. The topological polar surface area (TPSA) is 83.2 Å². The maximum atomic E-state index is 11.9. The number of H-pyrrole nitrogens is 1. The number of nitrogens with one attached hydrogen (secondary N) is 3. The van der Waals surface area contributed by atoms with Crippen molar-refractivity contribution in [3.8, 4) is 5.75 Å². The van der Waals surface area contributed by atoms with E-state index < -0.39 is 11.8 Å². The Morgan fingerprint density at radius 2 is 1.59 bits per heavy atom. The van der Waals surface area contributed by atoms with Gasteiger partial charge in [-0.15, -0.1) is 0 Å². The molecule has 2 amide bonds. The fourth-order valence-corrected chi connectivity index (χ4v) is 2.92. The molecule has 0 saturated heterocycles. The predicted molar refractivity (Wildman–Crippen MR) is 105 cm³/mol. The summed E-state index contributed by atoms with van der Waals surface area (Å²) in [6.45, 7) is 0.813. The Bertz CT molecular complexity index is 916. The van der Waals surface area contributed by atoms with Crippen LogP contribution in [0.4, 0.5) is 0 Å². The molecule has 2 aromatic carbocycles. The van der Waals surface area contributed by atoms with E-state index in [9.17, 15) is 9.59 Å². The van der Waals surface area contributed by atoms with Crippen molar-refractivity contribution in [1.82, 2.24) is 15.6 Å². The minimum Gasteiger partial charge on any atom is -0.497 e. The Labute approximate surface area is 157 Å². The van der Waals surface area contributed by atoms with E-state index in [0.717, 1.165) is 27.8 Å². The van der Waals surface area contributed by atoms with E-state index in [1.807, 2.05) is 54.7 Å². The highest BCUT2D eigenvalue weighted by Crippen LogP contribution is 2.17. The Balaban J connectivity index is 1.39. The third kappa shape index (κ3) is 4.88. The molecular weight excluding hydrogens is 342 g/mol. The van der Waals surface area contributed by atoms with Gasteiger partial charge in [0.2, 0.25) is 0 Å². The summed E-state index contributed by atoms with van der Waals surface area (Å²) >= 11 is 0. The molecule has 3 rings (SSSR count). The molecule has 0 bridgehead atoms. The van der Waals surface area contributed by atoms with Crippen LogP contribution < -0.4 is 15.4 Å². The van der Waals surface area contributed by atoms with Crippen molar-refractivity contribution < 1.29 is 14.3 Å². The smallest absolute Gasteiger partial charge is 0.309 e. The van der Waals surface area contributed by atoms with Crippen molar-refractivity contribution in [1.29, 1.82) is 0 Å². The van der Waals surface area contributed by atoms with Crippen LogP contribution in [-0.2, 0) is 22.4 Å². The summed E-state index contributed by atoms with van der Waals surface area (Å²) in [6, 6.07) is 15.6. The number of aromatic amines is 1. The zero-order valence-electron chi connectivity index (χ0n) is 15.2. The number of ether oxygens (including phenoxy) is 1. The SMILES string of the molecule is COc1ccc(CCNC(=O)C(=O)NCCc2c[nH]c3ccccc23)cc1. The van der Waals surface area contributed by atoms with Crippen LogP contribution in [0.2, 0.25) is 0 Å². The van der Waals surface area contributed by atoms with Gasteiger partial charge in [-0.2, -0.15) is 0 Å². The van der Waals surface area contributed by atoms with Gasteiger partial charge >= 0.3 is 11.8 Å². The Kier molecular flexibility index (Phi) is 6.10. The zero-order valence-corrected chi connectivity index (χ0v) is 15.2. The fraction of sp³-hybridized carbons (Fsp3) is 0.238. The lowest BCUT2D eigenvalue weighted by Crippen LogP contribution is -2.41. The van der Waals surface area contributed by atoms with E-state index in [1.54, 1.807) is 7.11 Å². The van der Waals surface area contributed by atoms with Gasteiger partial charge in [0.05, 0.1) is 7.11 Å². The van der Waals surface area contributed by atoms with E-state index >= 15 is 0 Å². The van der Waals surface area contributed by atoms with Gasteiger partial charge < -0.3 is 20.4 Å². The van der Waals surface area contributed by atoms with E-state index in [-0.39, 0.29) is 0 Å². The average Bonchev–Trinajstić information content (AvgIpc) is 3.11. The summed E-state index contributed by atoms with van der Waals surface area (Å²) in [5, 5.41) is 6.45. The summed E-state index contributed by atoms with van der Waals surface area (Å²) in [6.07, 6.45) is 3.25. The first-order valence-corrected chi connectivity index (χ1v) is 8.91. The van der Waals surface area contributed by atoms with Gasteiger partial charge in [0.25, 0.3) is 0 Å². The second-order valence-electron chi connectivity index (χ2n) is 6.22. The van der Waals surface area contributed by atoms with Gasteiger partial charge in [-0.3, -0.25) is 9.59 Å². The molecule has 0 aliphatic carbocycles. The highest BCUT2D eigenvalue weighted by atomic mass is 16.5. The predicted octanol–water partition coefficient (Wildman–Crippen LogP) is 2.19. The molecule has 3 N–H and O–H groups in total. The highest BCUT2D eigenvalue weighted by molar-refractivity contribution is 6.35. The molecule has 6 heteroatoms. The molecule has 0 unspecified atom stereocenters. The number of amides is 2.